The Balaban J connectivity index is 1.57. The molecule has 0 aliphatic rings. The molecular formula is C27H31N3O6. The van der Waals surface area contributed by atoms with Crippen molar-refractivity contribution in [2.75, 3.05) is 45.4 Å². The lowest BCUT2D eigenvalue weighted by molar-refractivity contribution is -0.144. The fourth-order valence-electron chi connectivity index (χ4n) is 3.26. The van der Waals surface area contributed by atoms with Gasteiger partial charge in [-0.3, -0.25) is 9.69 Å². The zero-order valence-corrected chi connectivity index (χ0v) is 20.8. The molecule has 1 aromatic heterocycles. The number of anilines is 1. The summed E-state index contributed by atoms with van der Waals surface area (Å²) in [6.45, 7) is 3.02. The SMILES string of the molecule is CCOC(=O)CN(Cc1ccc(OCCN(C)c2ccccn2)cc1)C(=O)Oc1ccc(OC)cc1. The van der Waals surface area contributed by atoms with Crippen LogP contribution in [0, 0.1) is 0 Å². The molecule has 36 heavy (non-hydrogen) atoms. The van der Waals surface area contributed by atoms with Crippen LogP contribution in [-0.2, 0) is 16.1 Å². The molecule has 1 amide bonds. The van der Waals surface area contributed by atoms with Gasteiger partial charge in [-0.15, -0.1) is 0 Å². The minimum Gasteiger partial charge on any atom is -0.497 e. The Hall–Kier alpha value is -4.27. The van der Waals surface area contributed by atoms with Crippen LogP contribution in [0.25, 0.3) is 0 Å². The van der Waals surface area contributed by atoms with Crippen molar-refractivity contribution in [2.24, 2.45) is 0 Å². The first-order valence-electron chi connectivity index (χ1n) is 11.6. The van der Waals surface area contributed by atoms with Gasteiger partial charge in [0.2, 0.25) is 0 Å². The molecule has 190 valence electrons. The number of likely N-dealkylation sites (N-methyl/N-ethyl adjacent to an activating group) is 1. The summed E-state index contributed by atoms with van der Waals surface area (Å²) in [5.41, 5.74) is 0.809. The molecular weight excluding hydrogens is 462 g/mol. The predicted octanol–water partition coefficient (Wildman–Crippen LogP) is 4.17. The van der Waals surface area contributed by atoms with Crippen LogP contribution in [-0.4, -0.2) is 62.4 Å². The standard InChI is InChI=1S/C27H31N3O6/c1-4-34-26(31)20-30(27(32)36-24-14-12-22(33-3)13-15-24)19-21-8-10-23(11-9-21)35-18-17-29(2)25-7-5-6-16-28-25/h5-16H,4,17-20H2,1-3H3. The highest BCUT2D eigenvalue weighted by Gasteiger charge is 2.21. The van der Waals surface area contributed by atoms with Gasteiger partial charge in [-0.1, -0.05) is 18.2 Å². The molecule has 0 saturated heterocycles. The number of aromatic nitrogens is 1. The number of hydrogen-bond acceptors (Lipinski definition) is 8. The molecule has 3 aromatic rings. The Labute approximate surface area is 211 Å². The molecule has 1 heterocycles. The molecule has 9 heteroatoms. The van der Waals surface area contributed by atoms with Crippen LogP contribution in [0.1, 0.15) is 12.5 Å². The first kappa shape index (κ1) is 26.3. The number of carbonyl (C=O) groups excluding carboxylic acids is 2. The fraction of sp³-hybridized carbons (Fsp3) is 0.296. The Morgan fingerprint density at radius 1 is 0.917 bits per heavy atom. The number of rotatable bonds is 12. The average Bonchev–Trinajstić information content (AvgIpc) is 2.90. The van der Waals surface area contributed by atoms with E-state index in [-0.39, 0.29) is 19.7 Å². The maximum Gasteiger partial charge on any atom is 0.416 e. The second-order valence-corrected chi connectivity index (χ2v) is 7.81. The topological polar surface area (TPSA) is 90.4 Å². The molecule has 0 aliphatic carbocycles. The average molecular weight is 494 g/mol. The molecule has 9 nitrogen and oxygen atoms in total. The van der Waals surface area contributed by atoms with Gasteiger partial charge in [-0.05, 0) is 61.0 Å². The van der Waals surface area contributed by atoms with Crippen molar-refractivity contribution in [3.63, 3.8) is 0 Å². The van der Waals surface area contributed by atoms with Gasteiger partial charge in [-0.2, -0.15) is 0 Å². The Morgan fingerprint density at radius 2 is 1.61 bits per heavy atom. The number of ether oxygens (including phenoxy) is 4. The number of carbonyl (C=O) groups is 2. The third-order valence-corrected chi connectivity index (χ3v) is 5.18. The Kier molecular flexibility index (Phi) is 9.93. The van der Waals surface area contributed by atoms with Crippen molar-refractivity contribution >= 4 is 17.9 Å². The van der Waals surface area contributed by atoms with Crippen molar-refractivity contribution in [1.29, 1.82) is 0 Å². The summed E-state index contributed by atoms with van der Waals surface area (Å²) in [6.07, 6.45) is 1.09. The zero-order chi connectivity index (χ0) is 25.8. The quantitative estimate of drug-likeness (QED) is 0.347. The summed E-state index contributed by atoms with van der Waals surface area (Å²) >= 11 is 0. The molecule has 0 saturated carbocycles. The van der Waals surface area contributed by atoms with E-state index in [1.54, 1.807) is 44.5 Å². The largest absolute Gasteiger partial charge is 0.497 e. The van der Waals surface area contributed by atoms with Crippen LogP contribution in [0.5, 0.6) is 17.2 Å². The molecule has 0 aliphatic heterocycles. The van der Waals surface area contributed by atoms with E-state index in [0.717, 1.165) is 11.4 Å². The highest BCUT2D eigenvalue weighted by atomic mass is 16.6. The van der Waals surface area contributed by atoms with Crippen molar-refractivity contribution in [3.8, 4) is 17.2 Å². The van der Waals surface area contributed by atoms with E-state index >= 15 is 0 Å². The van der Waals surface area contributed by atoms with E-state index in [9.17, 15) is 9.59 Å². The van der Waals surface area contributed by atoms with Gasteiger partial charge in [0.05, 0.1) is 20.3 Å². The molecule has 0 spiro atoms. The summed E-state index contributed by atoms with van der Waals surface area (Å²) < 4.78 is 21.4. The molecule has 0 atom stereocenters. The third-order valence-electron chi connectivity index (χ3n) is 5.18. The molecule has 0 fully saturated rings. The minimum atomic E-state index is -0.661. The third kappa shape index (κ3) is 8.19. The minimum absolute atomic E-state index is 0.163. The smallest absolute Gasteiger partial charge is 0.416 e. The summed E-state index contributed by atoms with van der Waals surface area (Å²) in [7, 11) is 3.51. The molecule has 0 bridgehead atoms. The number of nitrogens with zero attached hydrogens (tertiary/aromatic N) is 3. The van der Waals surface area contributed by atoms with Gasteiger partial charge in [0.25, 0.3) is 0 Å². The highest BCUT2D eigenvalue weighted by molar-refractivity contribution is 5.79. The lowest BCUT2D eigenvalue weighted by Crippen LogP contribution is -2.38. The van der Waals surface area contributed by atoms with E-state index in [1.807, 2.05) is 54.4 Å². The Bertz CT molecular complexity index is 1090. The van der Waals surface area contributed by atoms with Gasteiger partial charge >= 0.3 is 12.1 Å². The first-order chi connectivity index (χ1) is 17.5. The number of hydrogen-bond donors (Lipinski definition) is 0. The van der Waals surface area contributed by atoms with Crippen molar-refractivity contribution in [1.82, 2.24) is 9.88 Å². The van der Waals surface area contributed by atoms with Crippen LogP contribution >= 0.6 is 0 Å². The first-order valence-corrected chi connectivity index (χ1v) is 11.6. The number of benzene rings is 2. The monoisotopic (exact) mass is 493 g/mol. The van der Waals surface area contributed by atoms with E-state index < -0.39 is 12.1 Å². The fourth-order valence-corrected chi connectivity index (χ4v) is 3.26. The summed E-state index contributed by atoms with van der Waals surface area (Å²) in [6, 6.07) is 19.7. The van der Waals surface area contributed by atoms with Gasteiger partial charge in [0.15, 0.2) is 0 Å². The second-order valence-electron chi connectivity index (χ2n) is 7.81. The molecule has 2 aromatic carbocycles. The number of esters is 1. The lowest BCUT2D eigenvalue weighted by atomic mass is 10.2. The van der Waals surface area contributed by atoms with Gasteiger partial charge in [-0.25, -0.2) is 9.78 Å². The van der Waals surface area contributed by atoms with Gasteiger partial charge in [0, 0.05) is 19.8 Å². The molecule has 0 radical (unpaired) electrons. The Morgan fingerprint density at radius 3 is 2.25 bits per heavy atom. The van der Waals surface area contributed by atoms with Crippen LogP contribution < -0.4 is 19.1 Å². The van der Waals surface area contributed by atoms with Crippen LogP contribution in [0.2, 0.25) is 0 Å². The van der Waals surface area contributed by atoms with E-state index in [1.165, 1.54) is 4.90 Å². The van der Waals surface area contributed by atoms with Crippen molar-refractivity contribution in [3.05, 3.63) is 78.5 Å². The van der Waals surface area contributed by atoms with Crippen LogP contribution in [0.15, 0.2) is 72.9 Å². The predicted molar refractivity (Wildman–Crippen MR) is 136 cm³/mol. The number of amides is 1. The number of methoxy groups -OCH3 is 1. The van der Waals surface area contributed by atoms with Gasteiger partial charge < -0.3 is 23.8 Å². The van der Waals surface area contributed by atoms with Crippen molar-refractivity contribution in [2.45, 2.75) is 13.5 Å². The number of pyridine rings is 1. The summed E-state index contributed by atoms with van der Waals surface area (Å²) in [5.74, 6) is 2.05. The summed E-state index contributed by atoms with van der Waals surface area (Å²) in [5, 5.41) is 0. The normalized spacial score (nSPS) is 10.3. The van der Waals surface area contributed by atoms with Crippen LogP contribution in [0.4, 0.5) is 10.6 Å². The molecule has 3 rings (SSSR count). The second kappa shape index (κ2) is 13.6. The van der Waals surface area contributed by atoms with Crippen LogP contribution in [0.3, 0.4) is 0 Å². The van der Waals surface area contributed by atoms with Crippen molar-refractivity contribution < 1.29 is 28.5 Å². The highest BCUT2D eigenvalue weighted by Crippen LogP contribution is 2.19. The van der Waals surface area contributed by atoms with E-state index in [4.69, 9.17) is 18.9 Å². The summed E-state index contributed by atoms with van der Waals surface area (Å²) in [4.78, 5) is 32.5. The maximum atomic E-state index is 12.8. The lowest BCUT2D eigenvalue weighted by Gasteiger charge is -2.21. The van der Waals surface area contributed by atoms with E-state index in [2.05, 4.69) is 4.98 Å². The maximum absolute atomic E-state index is 12.8. The van der Waals surface area contributed by atoms with E-state index in [0.29, 0.717) is 30.4 Å². The zero-order valence-electron chi connectivity index (χ0n) is 20.8. The molecule has 0 unspecified atom stereocenters. The van der Waals surface area contributed by atoms with Gasteiger partial charge in [0.1, 0.15) is 36.2 Å². The molecule has 0 N–H and O–H groups in total.